The van der Waals surface area contributed by atoms with Crippen LogP contribution in [0.4, 0.5) is 17.1 Å². The molecule has 406 valence electrons. The Hall–Kier alpha value is -9.76. The van der Waals surface area contributed by atoms with E-state index in [9.17, 15) is 0 Å². The van der Waals surface area contributed by atoms with Crippen LogP contribution in [0.25, 0.3) is 94.3 Å². The van der Waals surface area contributed by atoms with Crippen molar-refractivity contribution in [2.24, 2.45) is 0 Å². The zero-order chi connectivity index (χ0) is 56.0. The number of aromatic nitrogens is 1. The molecule has 12 aromatic carbocycles. The van der Waals surface area contributed by atoms with Crippen LogP contribution in [-0.4, -0.2) is 4.57 Å². The Morgan fingerprint density at radius 2 is 0.682 bits per heavy atom. The number of nitrogens with zero attached hydrogens (tertiary/aromatic N) is 2. The van der Waals surface area contributed by atoms with Gasteiger partial charge in [0.05, 0.1) is 22.1 Å². The maximum Gasteiger partial charge on any atom is 0.0726 e. The summed E-state index contributed by atoms with van der Waals surface area (Å²) in [4.78, 5) is 2.49. The minimum absolute atomic E-state index is 0.463. The highest BCUT2D eigenvalue weighted by atomic mass is 15.1. The van der Waals surface area contributed by atoms with Crippen molar-refractivity contribution >= 4 is 38.9 Å². The Morgan fingerprint density at radius 1 is 0.294 bits per heavy atom. The van der Waals surface area contributed by atoms with Gasteiger partial charge in [-0.15, -0.1) is 0 Å². The number of hydrogen-bond acceptors (Lipinski definition) is 1. The molecular weight excluding hydrogens is 1020 g/mol. The van der Waals surface area contributed by atoms with Gasteiger partial charge in [0.25, 0.3) is 0 Å². The fourth-order valence-corrected chi connectivity index (χ4v) is 15.9. The standard InChI is InChI=1S/C83H64N2/c1-2-16-55(17-3-1)58-34-36-63(37-35-58)69-22-11-15-29-80(69)84(68-48-49-73-72-25-10-14-28-78(72)83(79(73)54-68)76-26-12-8-23-70(76)71-24-9-13-27-77(71)83)66-44-38-61(39-45-66)59-30-32-60(33-31-59)62-40-46-67(47-41-62)85-81-50-42-64(56-18-4-5-19-56)52-74(81)75-53-65(43-51-82(75)85)57-20-6-7-21-57/h1-3,8-17,22-54,56-57H,4-7,18-21H2. The Kier molecular flexibility index (Phi) is 11.9. The van der Waals surface area contributed by atoms with Crippen molar-refractivity contribution in [3.05, 3.63) is 312 Å². The topological polar surface area (TPSA) is 8.17 Å². The lowest BCUT2D eigenvalue weighted by atomic mass is 9.70. The summed E-state index contributed by atoms with van der Waals surface area (Å²) < 4.78 is 2.51. The van der Waals surface area contributed by atoms with Crippen LogP contribution in [0.2, 0.25) is 0 Å². The van der Waals surface area contributed by atoms with Crippen LogP contribution in [0.5, 0.6) is 0 Å². The lowest BCUT2D eigenvalue weighted by Crippen LogP contribution is -2.26. The van der Waals surface area contributed by atoms with Crippen molar-refractivity contribution in [1.29, 1.82) is 0 Å². The molecule has 2 nitrogen and oxygen atoms in total. The monoisotopic (exact) mass is 1090 g/mol. The number of hydrogen-bond donors (Lipinski definition) is 0. The highest BCUT2D eigenvalue weighted by Gasteiger charge is 2.51. The summed E-state index contributed by atoms with van der Waals surface area (Å²) in [5, 5.41) is 2.80. The van der Waals surface area contributed by atoms with Crippen molar-refractivity contribution in [2.45, 2.75) is 68.6 Å². The van der Waals surface area contributed by atoms with E-state index in [0.717, 1.165) is 17.1 Å². The van der Waals surface area contributed by atoms with E-state index in [2.05, 4.69) is 289 Å². The van der Waals surface area contributed by atoms with Crippen molar-refractivity contribution in [1.82, 2.24) is 4.57 Å². The summed E-state index contributed by atoms with van der Waals surface area (Å²) >= 11 is 0. The van der Waals surface area contributed by atoms with E-state index in [1.807, 2.05) is 0 Å². The summed E-state index contributed by atoms with van der Waals surface area (Å²) in [7, 11) is 0. The van der Waals surface area contributed by atoms with E-state index in [1.165, 1.54) is 179 Å². The first-order chi connectivity index (χ1) is 42.1. The van der Waals surface area contributed by atoms with Gasteiger partial charge in [-0.2, -0.15) is 0 Å². The van der Waals surface area contributed by atoms with E-state index in [4.69, 9.17) is 0 Å². The van der Waals surface area contributed by atoms with Gasteiger partial charge in [-0.1, -0.05) is 238 Å². The molecule has 0 bridgehead atoms. The molecule has 0 radical (unpaired) electrons. The first kappa shape index (κ1) is 49.8. The second-order valence-electron chi connectivity index (χ2n) is 24.4. The molecule has 85 heavy (non-hydrogen) atoms. The van der Waals surface area contributed by atoms with Gasteiger partial charge in [-0.3, -0.25) is 0 Å². The van der Waals surface area contributed by atoms with Crippen LogP contribution in [0, 0.1) is 0 Å². The summed E-state index contributed by atoms with van der Waals surface area (Å²) in [6.07, 6.45) is 10.6. The molecule has 4 aliphatic rings. The molecule has 2 fully saturated rings. The predicted octanol–water partition coefficient (Wildman–Crippen LogP) is 22.6. The van der Waals surface area contributed by atoms with Gasteiger partial charge in [0.15, 0.2) is 0 Å². The largest absolute Gasteiger partial charge is 0.310 e. The van der Waals surface area contributed by atoms with Crippen LogP contribution in [-0.2, 0) is 5.41 Å². The third-order valence-corrected chi connectivity index (χ3v) is 20.0. The molecule has 2 saturated carbocycles. The van der Waals surface area contributed by atoms with E-state index in [0.29, 0.717) is 11.8 Å². The Bertz CT molecular complexity index is 4550. The molecule has 0 saturated heterocycles. The van der Waals surface area contributed by atoms with Crippen LogP contribution in [0.1, 0.15) is 96.6 Å². The minimum Gasteiger partial charge on any atom is -0.310 e. The Morgan fingerprint density at radius 3 is 1.19 bits per heavy atom. The molecule has 0 atom stereocenters. The predicted molar refractivity (Wildman–Crippen MR) is 356 cm³/mol. The lowest BCUT2D eigenvalue weighted by Gasteiger charge is -2.32. The summed E-state index contributed by atoms with van der Waals surface area (Å²) in [5.41, 5.74) is 29.8. The van der Waals surface area contributed by atoms with Crippen LogP contribution >= 0.6 is 0 Å². The summed E-state index contributed by atoms with van der Waals surface area (Å²) in [5.74, 6) is 1.37. The van der Waals surface area contributed by atoms with Gasteiger partial charge in [0, 0.05) is 33.4 Å². The molecule has 17 rings (SSSR count). The third-order valence-electron chi connectivity index (χ3n) is 20.0. The molecule has 1 spiro atoms. The Labute approximate surface area is 499 Å². The quantitative estimate of drug-likeness (QED) is 0.132. The summed E-state index contributed by atoms with van der Waals surface area (Å²) in [6.45, 7) is 0. The molecule has 1 aromatic heterocycles. The molecule has 1 heterocycles. The number of benzene rings is 12. The van der Waals surface area contributed by atoms with Gasteiger partial charge in [-0.05, 0) is 199 Å². The van der Waals surface area contributed by atoms with E-state index >= 15 is 0 Å². The highest BCUT2D eigenvalue weighted by molar-refractivity contribution is 6.10. The van der Waals surface area contributed by atoms with E-state index in [1.54, 1.807) is 0 Å². The Balaban J connectivity index is 0.728. The summed E-state index contributed by atoms with van der Waals surface area (Å²) in [6, 6.07) is 106. The fourth-order valence-electron chi connectivity index (χ4n) is 15.9. The SMILES string of the molecule is c1ccc(-c2ccc(-c3ccccc3N(c3ccc(-c4ccc(-c5ccc(-n6c7ccc(C8CCCC8)cc7c7cc(C8CCCC8)ccc76)cc5)cc4)cc3)c3ccc4c(c3)C3(c5ccccc5-c5ccccc53)c3ccccc3-4)cc2)cc1. The van der Waals surface area contributed by atoms with Crippen molar-refractivity contribution in [2.75, 3.05) is 4.90 Å². The van der Waals surface area contributed by atoms with E-state index in [-0.39, 0.29) is 0 Å². The van der Waals surface area contributed by atoms with Crippen LogP contribution in [0.15, 0.2) is 279 Å². The lowest BCUT2D eigenvalue weighted by molar-refractivity contribution is 0.724. The maximum atomic E-state index is 2.55. The first-order valence-electron chi connectivity index (χ1n) is 31.0. The van der Waals surface area contributed by atoms with Crippen molar-refractivity contribution < 1.29 is 0 Å². The van der Waals surface area contributed by atoms with E-state index < -0.39 is 5.41 Å². The van der Waals surface area contributed by atoms with Crippen LogP contribution in [0.3, 0.4) is 0 Å². The molecule has 0 unspecified atom stereocenters. The molecular formula is C83H64N2. The maximum absolute atomic E-state index is 2.55. The molecule has 0 aliphatic heterocycles. The molecule has 0 amide bonds. The molecule has 2 heteroatoms. The normalized spacial score (nSPS) is 14.9. The fraction of sp³-hybridized carbons (Fsp3) is 0.133. The molecule has 0 N–H and O–H groups in total. The second-order valence-corrected chi connectivity index (χ2v) is 24.4. The third kappa shape index (κ3) is 8.06. The number of rotatable bonds is 10. The zero-order valence-corrected chi connectivity index (χ0v) is 47.8. The number of para-hydroxylation sites is 1. The van der Waals surface area contributed by atoms with Gasteiger partial charge < -0.3 is 9.47 Å². The first-order valence-corrected chi connectivity index (χ1v) is 31.0. The van der Waals surface area contributed by atoms with Gasteiger partial charge in [-0.25, -0.2) is 0 Å². The second kappa shape index (κ2) is 20.2. The zero-order valence-electron chi connectivity index (χ0n) is 47.8. The van der Waals surface area contributed by atoms with Crippen LogP contribution < -0.4 is 4.90 Å². The van der Waals surface area contributed by atoms with Gasteiger partial charge in [0.2, 0.25) is 0 Å². The average Bonchev–Trinajstić information content (AvgIpc) is 1.55. The van der Waals surface area contributed by atoms with Gasteiger partial charge >= 0.3 is 0 Å². The highest BCUT2D eigenvalue weighted by Crippen LogP contribution is 2.63. The van der Waals surface area contributed by atoms with Crippen molar-refractivity contribution in [3.63, 3.8) is 0 Å². The number of fused-ring (bicyclic) bond motifs is 13. The smallest absolute Gasteiger partial charge is 0.0726 e. The molecule has 13 aromatic rings. The average molecular weight is 1090 g/mol. The minimum atomic E-state index is -0.463. The molecule has 4 aliphatic carbocycles. The van der Waals surface area contributed by atoms with Crippen molar-refractivity contribution in [3.8, 4) is 72.4 Å². The van der Waals surface area contributed by atoms with Gasteiger partial charge in [0.1, 0.15) is 0 Å². The number of anilines is 3.